The molecule has 16 heavy (non-hydrogen) atoms. The monoisotopic (exact) mass is 220 g/mol. The molecule has 1 aliphatic heterocycles. The molecule has 1 aliphatic rings. The van der Waals surface area contributed by atoms with Crippen LogP contribution in [0.15, 0.2) is 30.4 Å². The van der Waals surface area contributed by atoms with Crippen molar-refractivity contribution in [3.8, 4) is 0 Å². The van der Waals surface area contributed by atoms with Crippen molar-refractivity contribution in [1.29, 1.82) is 0 Å². The Bertz CT molecular complexity index is 401. The molecule has 0 radical (unpaired) electrons. The predicted octanol–water partition coefficient (Wildman–Crippen LogP) is 1.96. The summed E-state index contributed by atoms with van der Waals surface area (Å²) >= 11 is 0. The number of nitrogens with zero attached hydrogens (tertiary/aromatic N) is 1. The fourth-order valence-electron chi connectivity index (χ4n) is 2.16. The molecule has 0 aromatic heterocycles. The third-order valence-electron chi connectivity index (χ3n) is 2.88. The van der Waals surface area contributed by atoms with Crippen LogP contribution in [0.2, 0.25) is 0 Å². The van der Waals surface area contributed by atoms with Crippen LogP contribution in [0.1, 0.15) is 5.56 Å². The standard InChI is InChI=1S/C13H17FN2/c1-10(8-15-2)9-16-6-5-11-3-4-12(14)7-13(11)16/h3-4,7,15H,1,5-6,8-9H2,2H3. The van der Waals surface area contributed by atoms with E-state index in [4.69, 9.17) is 0 Å². The Balaban J connectivity index is 2.11. The van der Waals surface area contributed by atoms with Gasteiger partial charge in [0.25, 0.3) is 0 Å². The Hall–Kier alpha value is -1.35. The predicted molar refractivity (Wildman–Crippen MR) is 65.4 cm³/mol. The van der Waals surface area contributed by atoms with Gasteiger partial charge in [-0.1, -0.05) is 12.6 Å². The first-order valence-corrected chi connectivity index (χ1v) is 5.55. The zero-order valence-corrected chi connectivity index (χ0v) is 9.59. The summed E-state index contributed by atoms with van der Waals surface area (Å²) in [6.07, 6.45) is 1.00. The summed E-state index contributed by atoms with van der Waals surface area (Å²) in [6.45, 7) is 6.57. The smallest absolute Gasteiger partial charge is 0.125 e. The molecular formula is C13H17FN2. The number of nitrogens with one attached hydrogen (secondary N) is 1. The number of fused-ring (bicyclic) bond motifs is 1. The van der Waals surface area contributed by atoms with Crippen molar-refractivity contribution in [3.63, 3.8) is 0 Å². The first kappa shape index (κ1) is 11.1. The largest absolute Gasteiger partial charge is 0.367 e. The molecule has 0 saturated carbocycles. The third-order valence-corrected chi connectivity index (χ3v) is 2.88. The summed E-state index contributed by atoms with van der Waals surface area (Å²) in [5, 5.41) is 3.08. The van der Waals surface area contributed by atoms with E-state index < -0.39 is 0 Å². The molecule has 0 amide bonds. The number of anilines is 1. The van der Waals surface area contributed by atoms with Gasteiger partial charge in [0.1, 0.15) is 5.82 Å². The Kier molecular flexibility index (Phi) is 3.25. The maximum absolute atomic E-state index is 13.2. The second-order valence-electron chi connectivity index (χ2n) is 4.22. The van der Waals surface area contributed by atoms with Crippen molar-refractivity contribution >= 4 is 5.69 Å². The van der Waals surface area contributed by atoms with E-state index in [1.165, 1.54) is 11.6 Å². The van der Waals surface area contributed by atoms with E-state index in [0.717, 1.165) is 37.3 Å². The van der Waals surface area contributed by atoms with E-state index in [1.54, 1.807) is 6.07 Å². The summed E-state index contributed by atoms with van der Waals surface area (Å²) in [7, 11) is 1.91. The van der Waals surface area contributed by atoms with Gasteiger partial charge in [-0.15, -0.1) is 0 Å². The van der Waals surface area contributed by atoms with Crippen LogP contribution in [0.25, 0.3) is 0 Å². The number of halogens is 1. The average Bonchev–Trinajstić information content (AvgIpc) is 2.61. The highest BCUT2D eigenvalue weighted by Gasteiger charge is 2.19. The van der Waals surface area contributed by atoms with E-state index in [1.807, 2.05) is 13.1 Å². The van der Waals surface area contributed by atoms with Gasteiger partial charge in [0.15, 0.2) is 0 Å². The lowest BCUT2D eigenvalue weighted by molar-refractivity contribution is 0.627. The topological polar surface area (TPSA) is 15.3 Å². The van der Waals surface area contributed by atoms with Crippen LogP contribution in [-0.2, 0) is 6.42 Å². The van der Waals surface area contributed by atoms with E-state index in [0.29, 0.717) is 0 Å². The number of hydrogen-bond acceptors (Lipinski definition) is 2. The highest BCUT2D eigenvalue weighted by Crippen LogP contribution is 2.28. The summed E-state index contributed by atoms with van der Waals surface area (Å²) < 4.78 is 13.2. The molecule has 0 saturated heterocycles. The van der Waals surface area contributed by atoms with Crippen molar-refractivity contribution in [2.75, 3.05) is 31.6 Å². The molecule has 0 atom stereocenters. The second-order valence-corrected chi connectivity index (χ2v) is 4.22. The summed E-state index contributed by atoms with van der Waals surface area (Å²) in [4.78, 5) is 2.19. The van der Waals surface area contributed by atoms with Gasteiger partial charge >= 0.3 is 0 Å². The fraction of sp³-hybridized carbons (Fsp3) is 0.385. The van der Waals surface area contributed by atoms with Gasteiger partial charge in [0, 0.05) is 25.3 Å². The minimum Gasteiger partial charge on any atom is -0.367 e. The van der Waals surface area contributed by atoms with Crippen molar-refractivity contribution in [2.45, 2.75) is 6.42 Å². The summed E-state index contributed by atoms with van der Waals surface area (Å²) in [6, 6.07) is 5.03. The first-order valence-electron chi connectivity index (χ1n) is 5.55. The molecule has 0 aliphatic carbocycles. The lowest BCUT2D eigenvalue weighted by Crippen LogP contribution is -2.26. The molecule has 86 valence electrons. The molecule has 0 unspecified atom stereocenters. The molecule has 0 bridgehead atoms. The van der Waals surface area contributed by atoms with Gasteiger partial charge in [-0.05, 0) is 36.7 Å². The summed E-state index contributed by atoms with van der Waals surface area (Å²) in [5.74, 6) is -0.162. The lowest BCUT2D eigenvalue weighted by Gasteiger charge is -2.20. The Morgan fingerprint density at radius 2 is 2.38 bits per heavy atom. The Morgan fingerprint density at radius 1 is 1.56 bits per heavy atom. The Morgan fingerprint density at radius 3 is 3.12 bits per heavy atom. The molecule has 1 aromatic carbocycles. The normalized spacial score (nSPS) is 14.0. The van der Waals surface area contributed by atoms with Crippen LogP contribution in [0.5, 0.6) is 0 Å². The molecule has 3 heteroatoms. The molecule has 0 fully saturated rings. The minimum atomic E-state index is -0.162. The fourth-order valence-corrected chi connectivity index (χ4v) is 2.16. The van der Waals surface area contributed by atoms with E-state index in [-0.39, 0.29) is 5.82 Å². The molecule has 1 aromatic rings. The molecule has 2 rings (SSSR count). The van der Waals surface area contributed by atoms with Crippen molar-refractivity contribution in [1.82, 2.24) is 5.32 Å². The first-order chi connectivity index (χ1) is 7.70. The van der Waals surface area contributed by atoms with Crippen molar-refractivity contribution < 1.29 is 4.39 Å². The Labute approximate surface area is 95.8 Å². The van der Waals surface area contributed by atoms with Crippen LogP contribution >= 0.6 is 0 Å². The molecular weight excluding hydrogens is 203 g/mol. The van der Waals surface area contributed by atoms with E-state index >= 15 is 0 Å². The molecule has 2 nitrogen and oxygen atoms in total. The van der Waals surface area contributed by atoms with E-state index in [2.05, 4.69) is 16.8 Å². The maximum atomic E-state index is 13.2. The van der Waals surface area contributed by atoms with Crippen LogP contribution in [-0.4, -0.2) is 26.7 Å². The quantitative estimate of drug-likeness (QED) is 0.780. The number of hydrogen-bond donors (Lipinski definition) is 1. The third kappa shape index (κ3) is 2.25. The van der Waals surface area contributed by atoms with Gasteiger partial charge in [0.05, 0.1) is 0 Å². The van der Waals surface area contributed by atoms with Crippen molar-refractivity contribution in [3.05, 3.63) is 41.7 Å². The minimum absolute atomic E-state index is 0.162. The zero-order chi connectivity index (χ0) is 11.5. The summed E-state index contributed by atoms with van der Waals surface area (Å²) in [5.41, 5.74) is 3.38. The number of likely N-dealkylation sites (N-methyl/N-ethyl adjacent to an activating group) is 1. The highest BCUT2D eigenvalue weighted by atomic mass is 19.1. The maximum Gasteiger partial charge on any atom is 0.125 e. The van der Waals surface area contributed by atoms with Crippen LogP contribution < -0.4 is 10.2 Å². The van der Waals surface area contributed by atoms with Gasteiger partial charge < -0.3 is 10.2 Å². The number of benzene rings is 1. The second kappa shape index (κ2) is 4.66. The van der Waals surface area contributed by atoms with Crippen molar-refractivity contribution in [2.24, 2.45) is 0 Å². The van der Waals surface area contributed by atoms with Crippen LogP contribution in [0.3, 0.4) is 0 Å². The SMILES string of the molecule is C=C(CNC)CN1CCc2ccc(F)cc21. The van der Waals surface area contributed by atoms with Crippen LogP contribution in [0, 0.1) is 5.82 Å². The molecule has 0 spiro atoms. The molecule has 1 N–H and O–H groups in total. The van der Waals surface area contributed by atoms with E-state index in [9.17, 15) is 4.39 Å². The highest BCUT2D eigenvalue weighted by molar-refractivity contribution is 5.58. The van der Waals surface area contributed by atoms with Gasteiger partial charge in [-0.2, -0.15) is 0 Å². The zero-order valence-electron chi connectivity index (χ0n) is 9.59. The van der Waals surface area contributed by atoms with Crippen LogP contribution in [0.4, 0.5) is 10.1 Å². The van der Waals surface area contributed by atoms with Gasteiger partial charge in [-0.3, -0.25) is 0 Å². The number of rotatable bonds is 4. The lowest BCUT2D eigenvalue weighted by atomic mass is 10.1. The average molecular weight is 220 g/mol. The molecule has 1 heterocycles. The van der Waals surface area contributed by atoms with Gasteiger partial charge in [0.2, 0.25) is 0 Å². The van der Waals surface area contributed by atoms with Gasteiger partial charge in [-0.25, -0.2) is 4.39 Å².